The van der Waals surface area contributed by atoms with Gasteiger partial charge in [0.2, 0.25) is 5.88 Å². The first kappa shape index (κ1) is 12.3. The standard InChI is InChI=1S/C12H14FN3O2/c1-8-11(7-14-17)12(16(2)15-8)18-10-5-3-9(13)4-6-10/h3-5,7,10,17H,6H2,1-2H3/b14-7+. The molecule has 0 aliphatic heterocycles. The van der Waals surface area contributed by atoms with Gasteiger partial charge in [-0.15, -0.1) is 0 Å². The number of hydrogen-bond acceptors (Lipinski definition) is 4. The molecular weight excluding hydrogens is 237 g/mol. The lowest BCUT2D eigenvalue weighted by molar-refractivity contribution is 0.228. The summed E-state index contributed by atoms with van der Waals surface area (Å²) in [6.45, 7) is 1.79. The van der Waals surface area contributed by atoms with Crippen molar-refractivity contribution in [3.05, 3.63) is 35.3 Å². The number of aromatic nitrogens is 2. The van der Waals surface area contributed by atoms with Crippen molar-refractivity contribution < 1.29 is 14.3 Å². The number of hydrogen-bond donors (Lipinski definition) is 1. The number of rotatable bonds is 3. The number of halogens is 1. The van der Waals surface area contributed by atoms with Gasteiger partial charge >= 0.3 is 0 Å². The number of oxime groups is 1. The summed E-state index contributed by atoms with van der Waals surface area (Å²) in [4.78, 5) is 0. The molecule has 0 fully saturated rings. The molecule has 0 bridgehead atoms. The summed E-state index contributed by atoms with van der Waals surface area (Å²) >= 11 is 0. The molecule has 1 aromatic rings. The van der Waals surface area contributed by atoms with Gasteiger partial charge in [0.1, 0.15) is 11.9 Å². The van der Waals surface area contributed by atoms with Gasteiger partial charge in [0.15, 0.2) is 0 Å². The summed E-state index contributed by atoms with van der Waals surface area (Å²) in [6, 6.07) is 0. The van der Waals surface area contributed by atoms with Crippen LogP contribution in [0.4, 0.5) is 4.39 Å². The van der Waals surface area contributed by atoms with Crippen molar-refractivity contribution >= 4 is 6.21 Å². The second-order valence-corrected chi connectivity index (χ2v) is 4.01. The summed E-state index contributed by atoms with van der Waals surface area (Å²) in [5, 5.41) is 15.8. The van der Waals surface area contributed by atoms with Gasteiger partial charge in [-0.3, -0.25) is 0 Å². The number of aryl methyl sites for hydroxylation is 2. The zero-order valence-corrected chi connectivity index (χ0v) is 10.2. The highest BCUT2D eigenvalue weighted by Gasteiger charge is 2.18. The maximum atomic E-state index is 12.8. The van der Waals surface area contributed by atoms with E-state index in [0.717, 1.165) is 0 Å². The SMILES string of the molecule is Cc1nn(C)c(OC2C=CC(F)=CC2)c1/C=N/O. The minimum atomic E-state index is -0.256. The fraction of sp³-hybridized carbons (Fsp3) is 0.333. The highest BCUT2D eigenvalue weighted by atomic mass is 19.1. The van der Waals surface area contributed by atoms with Crippen molar-refractivity contribution in [2.24, 2.45) is 12.2 Å². The van der Waals surface area contributed by atoms with Gasteiger partial charge in [-0.2, -0.15) is 5.10 Å². The van der Waals surface area contributed by atoms with Crippen LogP contribution < -0.4 is 4.74 Å². The van der Waals surface area contributed by atoms with E-state index in [2.05, 4.69) is 10.3 Å². The molecule has 1 heterocycles. The van der Waals surface area contributed by atoms with Crippen LogP contribution in [-0.2, 0) is 7.05 Å². The van der Waals surface area contributed by atoms with E-state index < -0.39 is 0 Å². The molecule has 0 aromatic carbocycles. The van der Waals surface area contributed by atoms with Crippen LogP contribution in [-0.4, -0.2) is 27.3 Å². The van der Waals surface area contributed by atoms with E-state index in [-0.39, 0.29) is 11.9 Å². The van der Waals surface area contributed by atoms with Crippen molar-refractivity contribution in [3.8, 4) is 5.88 Å². The second-order valence-electron chi connectivity index (χ2n) is 4.01. The molecule has 0 saturated carbocycles. The number of ether oxygens (including phenoxy) is 1. The minimum absolute atomic E-state index is 0.245. The Hall–Kier alpha value is -2.11. The normalized spacial score (nSPS) is 19.3. The first-order chi connectivity index (χ1) is 8.61. The first-order valence-corrected chi connectivity index (χ1v) is 5.53. The Morgan fingerprint density at radius 3 is 3.06 bits per heavy atom. The third kappa shape index (κ3) is 2.42. The van der Waals surface area contributed by atoms with Gasteiger partial charge in [-0.05, 0) is 25.2 Å². The van der Waals surface area contributed by atoms with E-state index in [1.54, 1.807) is 24.7 Å². The smallest absolute Gasteiger partial charge is 0.221 e. The fourth-order valence-electron chi connectivity index (χ4n) is 1.80. The second kappa shape index (κ2) is 5.03. The van der Waals surface area contributed by atoms with E-state index in [0.29, 0.717) is 23.6 Å². The summed E-state index contributed by atoms with van der Waals surface area (Å²) in [5.41, 5.74) is 1.32. The minimum Gasteiger partial charge on any atom is -0.469 e. The van der Waals surface area contributed by atoms with Crippen LogP contribution in [0.1, 0.15) is 17.7 Å². The number of allylic oxidation sites excluding steroid dienone is 2. The van der Waals surface area contributed by atoms with Crippen molar-refractivity contribution in [2.45, 2.75) is 19.4 Å². The van der Waals surface area contributed by atoms with Gasteiger partial charge in [0.05, 0.1) is 17.5 Å². The topological polar surface area (TPSA) is 59.6 Å². The quantitative estimate of drug-likeness (QED) is 0.508. The van der Waals surface area contributed by atoms with Crippen LogP contribution in [0.2, 0.25) is 0 Å². The van der Waals surface area contributed by atoms with Crippen molar-refractivity contribution in [1.29, 1.82) is 0 Å². The Morgan fingerprint density at radius 2 is 2.44 bits per heavy atom. The predicted molar refractivity (Wildman–Crippen MR) is 64.7 cm³/mol. The Bertz CT molecular complexity index is 532. The summed E-state index contributed by atoms with van der Waals surface area (Å²) in [6.07, 6.45) is 5.98. The molecule has 96 valence electrons. The van der Waals surface area contributed by atoms with Crippen molar-refractivity contribution in [2.75, 3.05) is 0 Å². The average molecular weight is 251 g/mol. The Balaban J connectivity index is 2.22. The molecule has 0 spiro atoms. The van der Waals surface area contributed by atoms with Crippen LogP contribution >= 0.6 is 0 Å². The van der Waals surface area contributed by atoms with E-state index in [4.69, 9.17) is 9.94 Å². The lowest BCUT2D eigenvalue weighted by Crippen LogP contribution is -2.17. The summed E-state index contributed by atoms with van der Waals surface area (Å²) < 4.78 is 20.1. The van der Waals surface area contributed by atoms with E-state index in [1.807, 2.05) is 0 Å². The summed E-state index contributed by atoms with van der Waals surface area (Å²) in [5.74, 6) is 0.240. The molecule has 1 aliphatic rings. The molecule has 2 rings (SSSR count). The van der Waals surface area contributed by atoms with Gasteiger partial charge in [-0.1, -0.05) is 5.16 Å². The van der Waals surface area contributed by atoms with E-state index in [9.17, 15) is 4.39 Å². The van der Waals surface area contributed by atoms with Crippen LogP contribution in [0.15, 0.2) is 29.2 Å². The predicted octanol–water partition coefficient (Wildman–Crippen LogP) is 2.10. The van der Waals surface area contributed by atoms with Gasteiger partial charge < -0.3 is 9.94 Å². The highest BCUT2D eigenvalue weighted by molar-refractivity contribution is 5.83. The van der Waals surface area contributed by atoms with Crippen LogP contribution in [0, 0.1) is 6.92 Å². The third-order valence-corrected chi connectivity index (χ3v) is 2.68. The molecule has 1 aliphatic carbocycles. The average Bonchev–Trinajstić information content (AvgIpc) is 2.59. The van der Waals surface area contributed by atoms with E-state index in [1.165, 1.54) is 18.4 Å². The summed E-state index contributed by atoms with van der Waals surface area (Å²) in [7, 11) is 1.74. The Labute approximate surface area is 104 Å². The molecule has 0 amide bonds. The zero-order chi connectivity index (χ0) is 13.1. The monoisotopic (exact) mass is 251 g/mol. The van der Waals surface area contributed by atoms with Crippen molar-refractivity contribution in [1.82, 2.24) is 9.78 Å². The Kier molecular flexibility index (Phi) is 3.45. The van der Waals surface area contributed by atoms with E-state index >= 15 is 0 Å². The molecular formula is C12H14FN3O2. The molecule has 1 aromatic heterocycles. The maximum absolute atomic E-state index is 12.8. The lowest BCUT2D eigenvalue weighted by atomic mass is 10.1. The molecule has 6 heteroatoms. The molecule has 18 heavy (non-hydrogen) atoms. The van der Waals surface area contributed by atoms with Gasteiger partial charge in [-0.25, -0.2) is 9.07 Å². The molecule has 1 unspecified atom stereocenters. The highest BCUT2D eigenvalue weighted by Crippen LogP contribution is 2.23. The first-order valence-electron chi connectivity index (χ1n) is 5.53. The van der Waals surface area contributed by atoms with Crippen molar-refractivity contribution in [3.63, 3.8) is 0 Å². The molecule has 0 radical (unpaired) electrons. The Morgan fingerprint density at radius 1 is 1.67 bits per heavy atom. The zero-order valence-electron chi connectivity index (χ0n) is 10.2. The molecule has 1 atom stereocenters. The van der Waals surface area contributed by atoms with Crippen LogP contribution in [0.3, 0.4) is 0 Å². The number of nitrogens with zero attached hydrogens (tertiary/aromatic N) is 3. The third-order valence-electron chi connectivity index (χ3n) is 2.68. The molecule has 5 nitrogen and oxygen atoms in total. The maximum Gasteiger partial charge on any atom is 0.221 e. The lowest BCUT2D eigenvalue weighted by Gasteiger charge is -2.16. The van der Waals surface area contributed by atoms with Crippen LogP contribution in [0.25, 0.3) is 0 Å². The molecule has 0 saturated heterocycles. The largest absolute Gasteiger partial charge is 0.469 e. The van der Waals surface area contributed by atoms with Gasteiger partial charge in [0.25, 0.3) is 0 Å². The fourth-order valence-corrected chi connectivity index (χ4v) is 1.80. The van der Waals surface area contributed by atoms with Gasteiger partial charge in [0, 0.05) is 13.5 Å². The molecule has 1 N–H and O–H groups in total. The van der Waals surface area contributed by atoms with Crippen LogP contribution in [0.5, 0.6) is 5.88 Å².